The third-order valence-corrected chi connectivity index (χ3v) is 5.80. The average Bonchev–Trinajstić information content (AvgIpc) is 3.28. The average molecular weight is 425 g/mol. The maximum absolute atomic E-state index is 12.8. The largest absolute Gasteiger partial charge is 0.369 e. The number of carbonyl (C=O) groups is 1. The Morgan fingerprint density at radius 1 is 1.07 bits per heavy atom. The zero-order chi connectivity index (χ0) is 20.9. The Bertz CT molecular complexity index is 984. The van der Waals surface area contributed by atoms with Crippen molar-refractivity contribution >= 4 is 23.2 Å². The van der Waals surface area contributed by atoms with Crippen LogP contribution in [-0.4, -0.2) is 64.6 Å². The van der Waals surface area contributed by atoms with Crippen molar-refractivity contribution in [2.24, 2.45) is 0 Å². The van der Waals surface area contributed by atoms with Gasteiger partial charge in [-0.05, 0) is 31.2 Å². The highest BCUT2D eigenvalue weighted by atomic mass is 35.5. The molecular weight excluding hydrogens is 400 g/mol. The number of piperazine rings is 1. The Labute approximate surface area is 181 Å². The first kappa shape index (κ1) is 20.4. The van der Waals surface area contributed by atoms with Gasteiger partial charge < -0.3 is 10.2 Å². The van der Waals surface area contributed by atoms with E-state index in [0.717, 1.165) is 26.2 Å². The SMILES string of the molecule is CC(CNC(=O)c1cnnn1-c1ccccc1Cl)N1CCN(c2ccccc2)CC1. The second-order valence-electron chi connectivity index (χ2n) is 7.40. The summed E-state index contributed by atoms with van der Waals surface area (Å²) in [6.07, 6.45) is 1.46. The Morgan fingerprint density at radius 3 is 2.50 bits per heavy atom. The second-order valence-corrected chi connectivity index (χ2v) is 7.81. The van der Waals surface area contributed by atoms with E-state index in [1.165, 1.54) is 16.6 Å². The molecule has 1 aliphatic rings. The minimum absolute atomic E-state index is 0.213. The number of rotatable bonds is 6. The van der Waals surface area contributed by atoms with E-state index in [2.05, 4.69) is 56.6 Å². The van der Waals surface area contributed by atoms with Gasteiger partial charge in [-0.2, -0.15) is 0 Å². The van der Waals surface area contributed by atoms with Crippen LogP contribution in [0.5, 0.6) is 0 Å². The van der Waals surface area contributed by atoms with Crippen molar-refractivity contribution < 1.29 is 4.79 Å². The fourth-order valence-electron chi connectivity index (χ4n) is 3.71. The standard InChI is InChI=1S/C22H25ClN6O/c1-17(27-11-13-28(14-12-27)18-7-3-2-4-8-18)15-24-22(30)21-16-25-26-29(21)20-10-6-5-9-19(20)23/h2-10,16-17H,11-15H2,1H3,(H,24,30). The first-order valence-corrected chi connectivity index (χ1v) is 10.5. The molecule has 1 aromatic heterocycles. The Kier molecular flexibility index (Phi) is 6.30. The molecule has 0 saturated carbocycles. The van der Waals surface area contributed by atoms with Crippen LogP contribution < -0.4 is 10.2 Å². The van der Waals surface area contributed by atoms with Gasteiger partial charge >= 0.3 is 0 Å². The number of halogens is 1. The minimum Gasteiger partial charge on any atom is -0.369 e. The van der Waals surface area contributed by atoms with Gasteiger partial charge in [-0.1, -0.05) is 47.1 Å². The number of hydrogen-bond acceptors (Lipinski definition) is 5. The molecule has 0 radical (unpaired) electrons. The monoisotopic (exact) mass is 424 g/mol. The van der Waals surface area contributed by atoms with Gasteiger partial charge in [-0.15, -0.1) is 5.10 Å². The first-order valence-electron chi connectivity index (χ1n) is 10.1. The molecule has 1 N–H and O–H groups in total. The van der Waals surface area contributed by atoms with Crippen LogP contribution in [0.4, 0.5) is 5.69 Å². The molecule has 8 heteroatoms. The zero-order valence-corrected chi connectivity index (χ0v) is 17.7. The highest BCUT2D eigenvalue weighted by Crippen LogP contribution is 2.20. The minimum atomic E-state index is -0.213. The molecule has 1 aliphatic heterocycles. The summed E-state index contributed by atoms with van der Waals surface area (Å²) in [4.78, 5) is 17.6. The summed E-state index contributed by atoms with van der Waals surface area (Å²) in [5, 5.41) is 11.5. The Balaban J connectivity index is 1.32. The maximum atomic E-state index is 12.8. The van der Waals surface area contributed by atoms with Gasteiger partial charge in [-0.3, -0.25) is 9.69 Å². The molecule has 3 aromatic rings. The third-order valence-electron chi connectivity index (χ3n) is 5.48. The van der Waals surface area contributed by atoms with E-state index in [-0.39, 0.29) is 11.9 Å². The van der Waals surface area contributed by atoms with Crippen LogP contribution >= 0.6 is 11.6 Å². The number of para-hydroxylation sites is 2. The number of carbonyl (C=O) groups excluding carboxylic acids is 1. The van der Waals surface area contributed by atoms with Crippen molar-refractivity contribution in [3.05, 3.63) is 71.5 Å². The Hall–Kier alpha value is -2.90. The predicted octanol–water partition coefficient (Wildman–Crippen LogP) is 2.86. The summed E-state index contributed by atoms with van der Waals surface area (Å²) in [5.74, 6) is -0.213. The fourth-order valence-corrected chi connectivity index (χ4v) is 3.93. The van der Waals surface area contributed by atoms with Crippen molar-refractivity contribution in [2.45, 2.75) is 13.0 Å². The van der Waals surface area contributed by atoms with E-state index in [4.69, 9.17) is 11.6 Å². The number of nitrogens with one attached hydrogen (secondary N) is 1. The molecule has 30 heavy (non-hydrogen) atoms. The van der Waals surface area contributed by atoms with Crippen LogP contribution in [0.25, 0.3) is 5.69 Å². The van der Waals surface area contributed by atoms with Gasteiger partial charge in [0.1, 0.15) is 0 Å². The van der Waals surface area contributed by atoms with Crippen LogP contribution in [0.3, 0.4) is 0 Å². The molecule has 1 atom stereocenters. The van der Waals surface area contributed by atoms with Crippen molar-refractivity contribution in [3.63, 3.8) is 0 Å². The van der Waals surface area contributed by atoms with Gasteiger partial charge in [0.15, 0.2) is 5.69 Å². The zero-order valence-electron chi connectivity index (χ0n) is 16.9. The van der Waals surface area contributed by atoms with Gasteiger partial charge in [-0.25, -0.2) is 4.68 Å². The summed E-state index contributed by atoms with van der Waals surface area (Å²) in [5.41, 5.74) is 2.26. The smallest absolute Gasteiger partial charge is 0.271 e. The summed E-state index contributed by atoms with van der Waals surface area (Å²) >= 11 is 6.25. The summed E-state index contributed by atoms with van der Waals surface area (Å²) in [6, 6.07) is 18.0. The molecule has 1 fully saturated rings. The second kappa shape index (κ2) is 9.28. The lowest BCUT2D eigenvalue weighted by molar-refractivity contribution is 0.0926. The van der Waals surface area contributed by atoms with Crippen LogP contribution in [0, 0.1) is 0 Å². The normalized spacial score (nSPS) is 15.7. The lowest BCUT2D eigenvalue weighted by Crippen LogP contribution is -2.52. The molecule has 0 aliphatic carbocycles. The number of benzene rings is 2. The predicted molar refractivity (Wildman–Crippen MR) is 118 cm³/mol. The van der Waals surface area contributed by atoms with E-state index in [0.29, 0.717) is 22.9 Å². The highest BCUT2D eigenvalue weighted by molar-refractivity contribution is 6.32. The molecule has 1 amide bonds. The van der Waals surface area contributed by atoms with E-state index in [1.54, 1.807) is 6.07 Å². The molecule has 4 rings (SSSR count). The number of amides is 1. The lowest BCUT2D eigenvalue weighted by Gasteiger charge is -2.39. The summed E-state index contributed by atoms with van der Waals surface area (Å²) in [6.45, 7) is 6.58. The first-order chi connectivity index (χ1) is 14.6. The highest BCUT2D eigenvalue weighted by Gasteiger charge is 2.23. The van der Waals surface area contributed by atoms with Gasteiger partial charge in [0, 0.05) is 44.5 Å². The van der Waals surface area contributed by atoms with Crippen molar-refractivity contribution in [1.29, 1.82) is 0 Å². The van der Waals surface area contributed by atoms with Crippen molar-refractivity contribution in [2.75, 3.05) is 37.6 Å². The third kappa shape index (κ3) is 4.47. The van der Waals surface area contributed by atoms with Crippen molar-refractivity contribution in [1.82, 2.24) is 25.2 Å². The lowest BCUT2D eigenvalue weighted by atomic mass is 10.2. The van der Waals surface area contributed by atoms with Crippen LogP contribution in [0.15, 0.2) is 60.8 Å². The topological polar surface area (TPSA) is 66.3 Å². The van der Waals surface area contributed by atoms with Crippen LogP contribution in [-0.2, 0) is 0 Å². The van der Waals surface area contributed by atoms with Crippen LogP contribution in [0.2, 0.25) is 5.02 Å². The summed E-state index contributed by atoms with van der Waals surface area (Å²) in [7, 11) is 0. The molecule has 1 unspecified atom stereocenters. The number of nitrogens with zero attached hydrogens (tertiary/aromatic N) is 5. The summed E-state index contributed by atoms with van der Waals surface area (Å²) < 4.78 is 1.47. The fraction of sp³-hybridized carbons (Fsp3) is 0.318. The van der Waals surface area contributed by atoms with Gasteiger partial charge in [0.05, 0.1) is 16.9 Å². The van der Waals surface area contributed by atoms with Gasteiger partial charge in [0.25, 0.3) is 5.91 Å². The number of hydrogen-bond donors (Lipinski definition) is 1. The number of aromatic nitrogens is 3. The van der Waals surface area contributed by atoms with E-state index >= 15 is 0 Å². The Morgan fingerprint density at radius 2 is 1.77 bits per heavy atom. The molecule has 2 heterocycles. The maximum Gasteiger partial charge on any atom is 0.271 e. The quantitative estimate of drug-likeness (QED) is 0.659. The van der Waals surface area contributed by atoms with Gasteiger partial charge in [0.2, 0.25) is 0 Å². The van der Waals surface area contributed by atoms with Crippen LogP contribution in [0.1, 0.15) is 17.4 Å². The molecular formula is C22H25ClN6O. The molecule has 1 saturated heterocycles. The van der Waals surface area contributed by atoms with E-state index < -0.39 is 0 Å². The van der Waals surface area contributed by atoms with E-state index in [1.807, 2.05) is 24.3 Å². The molecule has 156 valence electrons. The number of anilines is 1. The molecule has 0 spiro atoms. The van der Waals surface area contributed by atoms with Crippen molar-refractivity contribution in [3.8, 4) is 5.69 Å². The molecule has 7 nitrogen and oxygen atoms in total. The molecule has 2 aromatic carbocycles. The van der Waals surface area contributed by atoms with E-state index in [9.17, 15) is 4.79 Å². The molecule has 0 bridgehead atoms.